The minimum atomic E-state index is 0.894. The predicted molar refractivity (Wildman–Crippen MR) is 49.1 cm³/mol. The van der Waals surface area contributed by atoms with Crippen LogP contribution >= 0.6 is 0 Å². The Bertz CT molecular complexity index is 351. The van der Waals surface area contributed by atoms with Crippen LogP contribution in [0.4, 0.5) is 0 Å². The lowest BCUT2D eigenvalue weighted by atomic mass is 10.3. The van der Waals surface area contributed by atoms with E-state index in [0.717, 1.165) is 5.65 Å². The zero-order valence-corrected chi connectivity index (χ0v) is 7.65. The van der Waals surface area contributed by atoms with Crippen LogP contribution in [0.5, 0.6) is 0 Å². The molecule has 0 aliphatic carbocycles. The van der Waals surface area contributed by atoms with Crippen molar-refractivity contribution < 1.29 is 0 Å². The van der Waals surface area contributed by atoms with E-state index in [9.17, 15) is 0 Å². The molecule has 0 saturated carbocycles. The number of pyridine rings is 1. The van der Waals surface area contributed by atoms with Gasteiger partial charge in [0.1, 0.15) is 6.33 Å². The van der Waals surface area contributed by atoms with Crippen molar-refractivity contribution in [1.29, 1.82) is 0 Å². The van der Waals surface area contributed by atoms with Crippen LogP contribution in [0.15, 0.2) is 24.7 Å². The number of nitrogens with zero attached hydrogens (tertiary/aromatic N) is 3. The minimum Gasteiger partial charge on any atom is -0.289 e. The number of aromatic nitrogens is 3. The molecule has 2 heterocycles. The van der Waals surface area contributed by atoms with E-state index in [4.69, 9.17) is 0 Å². The summed E-state index contributed by atoms with van der Waals surface area (Å²) in [5, 5.41) is 7.63. The molecule has 0 atom stereocenters. The molecule has 2 rings (SSSR count). The van der Waals surface area contributed by atoms with Crippen molar-refractivity contribution in [3.63, 3.8) is 0 Å². The maximum atomic E-state index is 3.87. The molecule has 0 aromatic carbocycles. The Labute approximate surface area is 72.1 Å². The molecule has 2 aromatic rings. The van der Waals surface area contributed by atoms with Gasteiger partial charge in [-0.25, -0.2) is 0 Å². The van der Waals surface area contributed by atoms with Crippen LogP contribution in [0.3, 0.4) is 0 Å². The van der Waals surface area contributed by atoms with Gasteiger partial charge in [0.05, 0.1) is 0 Å². The summed E-state index contributed by atoms with van der Waals surface area (Å²) in [4.78, 5) is 0. The first-order valence-electron chi connectivity index (χ1n) is 4.12. The summed E-state index contributed by atoms with van der Waals surface area (Å²) in [6, 6.07) is 3.96. The summed E-state index contributed by atoms with van der Waals surface area (Å²) in [5.41, 5.74) is 2.11. The average Bonchev–Trinajstić information content (AvgIpc) is 2.54. The third kappa shape index (κ3) is 1.61. The number of hydrogen-bond acceptors (Lipinski definition) is 2. The van der Waals surface area contributed by atoms with Crippen LogP contribution < -0.4 is 0 Å². The quantitative estimate of drug-likeness (QED) is 0.595. The highest BCUT2D eigenvalue weighted by Gasteiger charge is 1.91. The summed E-state index contributed by atoms with van der Waals surface area (Å²) in [6.07, 6.45) is 3.69. The minimum absolute atomic E-state index is 0.894. The van der Waals surface area contributed by atoms with E-state index in [1.54, 1.807) is 6.33 Å². The van der Waals surface area contributed by atoms with Gasteiger partial charge >= 0.3 is 0 Å². The number of hydrogen-bond donors (Lipinski definition) is 0. The lowest BCUT2D eigenvalue weighted by molar-refractivity contribution is 1.10. The van der Waals surface area contributed by atoms with Crippen molar-refractivity contribution >= 4 is 5.65 Å². The first kappa shape index (κ1) is 8.71. The standard InChI is InChI=1S/C7H7N3.C2H6/c1-6-2-3-7-9-8-5-10(7)4-6;1-2/h2-5H,1H3;1-2H3. The molecular weight excluding hydrogens is 150 g/mol. The van der Waals surface area contributed by atoms with Crippen molar-refractivity contribution in [1.82, 2.24) is 14.6 Å². The highest BCUT2D eigenvalue weighted by molar-refractivity contribution is 5.37. The second kappa shape index (κ2) is 3.85. The van der Waals surface area contributed by atoms with Crippen molar-refractivity contribution in [3.8, 4) is 0 Å². The van der Waals surface area contributed by atoms with Crippen molar-refractivity contribution in [2.75, 3.05) is 0 Å². The molecule has 0 unspecified atom stereocenters. The Kier molecular flexibility index (Phi) is 2.80. The fraction of sp³-hybridized carbons (Fsp3) is 0.333. The molecule has 0 fully saturated rings. The largest absolute Gasteiger partial charge is 0.289 e. The summed E-state index contributed by atoms with van der Waals surface area (Å²) in [5.74, 6) is 0. The fourth-order valence-corrected chi connectivity index (χ4v) is 0.939. The maximum absolute atomic E-state index is 3.87. The number of rotatable bonds is 0. The van der Waals surface area contributed by atoms with Gasteiger partial charge in [-0.05, 0) is 18.6 Å². The van der Waals surface area contributed by atoms with E-state index in [1.807, 2.05) is 43.5 Å². The number of fused-ring (bicyclic) bond motifs is 1. The zero-order valence-electron chi connectivity index (χ0n) is 7.65. The van der Waals surface area contributed by atoms with Crippen LogP contribution in [-0.2, 0) is 0 Å². The van der Waals surface area contributed by atoms with Gasteiger partial charge in [0.15, 0.2) is 5.65 Å². The normalized spacial score (nSPS) is 9.25. The number of aryl methyl sites for hydroxylation is 1. The van der Waals surface area contributed by atoms with E-state index in [-0.39, 0.29) is 0 Å². The Balaban J connectivity index is 0.000000336. The molecule has 64 valence electrons. The molecule has 0 amide bonds. The monoisotopic (exact) mass is 163 g/mol. The lowest BCUT2D eigenvalue weighted by Gasteiger charge is -1.91. The van der Waals surface area contributed by atoms with E-state index in [1.165, 1.54) is 5.56 Å². The van der Waals surface area contributed by atoms with Gasteiger partial charge < -0.3 is 0 Å². The first-order valence-corrected chi connectivity index (χ1v) is 4.12. The molecule has 0 saturated heterocycles. The summed E-state index contributed by atoms with van der Waals surface area (Å²) in [6.45, 7) is 6.04. The van der Waals surface area contributed by atoms with Crippen molar-refractivity contribution in [3.05, 3.63) is 30.2 Å². The lowest BCUT2D eigenvalue weighted by Crippen LogP contribution is -1.82. The van der Waals surface area contributed by atoms with E-state index >= 15 is 0 Å². The van der Waals surface area contributed by atoms with Crippen LogP contribution in [0.2, 0.25) is 0 Å². The first-order chi connectivity index (χ1) is 5.86. The SMILES string of the molecule is CC.Cc1ccc2nncn2c1. The average molecular weight is 163 g/mol. The molecule has 0 aliphatic rings. The third-order valence-corrected chi connectivity index (χ3v) is 1.44. The Morgan fingerprint density at radius 3 is 2.75 bits per heavy atom. The van der Waals surface area contributed by atoms with Gasteiger partial charge in [0.25, 0.3) is 0 Å². The Morgan fingerprint density at radius 2 is 2.00 bits per heavy atom. The molecule has 12 heavy (non-hydrogen) atoms. The van der Waals surface area contributed by atoms with Gasteiger partial charge in [-0.3, -0.25) is 4.40 Å². The van der Waals surface area contributed by atoms with Crippen molar-refractivity contribution in [2.45, 2.75) is 20.8 Å². The predicted octanol–water partition coefficient (Wildman–Crippen LogP) is 2.06. The molecule has 0 N–H and O–H groups in total. The maximum Gasteiger partial charge on any atom is 0.160 e. The fourth-order valence-electron chi connectivity index (χ4n) is 0.939. The summed E-state index contributed by atoms with van der Waals surface area (Å²) >= 11 is 0. The van der Waals surface area contributed by atoms with Gasteiger partial charge in [-0.15, -0.1) is 10.2 Å². The molecule has 3 nitrogen and oxygen atoms in total. The Hall–Kier alpha value is -1.38. The van der Waals surface area contributed by atoms with E-state index in [0.29, 0.717) is 0 Å². The highest BCUT2D eigenvalue weighted by Crippen LogP contribution is 2.00. The van der Waals surface area contributed by atoms with Crippen LogP contribution in [0.1, 0.15) is 19.4 Å². The molecular formula is C9H13N3. The molecule has 0 aliphatic heterocycles. The summed E-state index contributed by atoms with van der Waals surface area (Å²) < 4.78 is 1.90. The van der Waals surface area contributed by atoms with Gasteiger partial charge in [-0.2, -0.15) is 0 Å². The van der Waals surface area contributed by atoms with E-state index < -0.39 is 0 Å². The van der Waals surface area contributed by atoms with Crippen LogP contribution in [0, 0.1) is 6.92 Å². The van der Waals surface area contributed by atoms with Crippen LogP contribution in [-0.4, -0.2) is 14.6 Å². The topological polar surface area (TPSA) is 30.2 Å². The molecule has 3 heteroatoms. The van der Waals surface area contributed by atoms with Gasteiger partial charge in [0, 0.05) is 6.20 Å². The van der Waals surface area contributed by atoms with E-state index in [2.05, 4.69) is 10.2 Å². The van der Waals surface area contributed by atoms with Gasteiger partial charge in [-0.1, -0.05) is 19.9 Å². The highest BCUT2D eigenvalue weighted by atomic mass is 15.2. The molecule has 2 aromatic heterocycles. The smallest absolute Gasteiger partial charge is 0.160 e. The summed E-state index contributed by atoms with van der Waals surface area (Å²) in [7, 11) is 0. The molecule has 0 bridgehead atoms. The molecule has 0 spiro atoms. The Morgan fingerprint density at radius 1 is 1.25 bits per heavy atom. The third-order valence-electron chi connectivity index (χ3n) is 1.44. The van der Waals surface area contributed by atoms with Crippen LogP contribution in [0.25, 0.3) is 5.65 Å². The molecule has 0 radical (unpaired) electrons. The second-order valence-corrected chi connectivity index (χ2v) is 2.30. The zero-order chi connectivity index (χ0) is 8.97. The second-order valence-electron chi connectivity index (χ2n) is 2.30. The van der Waals surface area contributed by atoms with Gasteiger partial charge in [0.2, 0.25) is 0 Å². The van der Waals surface area contributed by atoms with Crippen molar-refractivity contribution in [2.24, 2.45) is 0 Å².